The molecule has 4 aromatic rings. The zero-order valence-electron chi connectivity index (χ0n) is 18.1. The van der Waals surface area contributed by atoms with Crippen molar-refractivity contribution in [2.45, 2.75) is 38.7 Å². The van der Waals surface area contributed by atoms with Crippen LogP contribution >= 0.6 is 0 Å². The smallest absolute Gasteiger partial charge is 0.225 e. The minimum atomic E-state index is -0.310. The average molecular weight is 444 g/mol. The van der Waals surface area contributed by atoms with Crippen LogP contribution in [0.3, 0.4) is 0 Å². The number of halogens is 1. The normalized spacial score (nSPS) is 19.1. The molecule has 2 unspecified atom stereocenters. The Hall–Kier alpha value is -3.94. The van der Waals surface area contributed by atoms with Crippen molar-refractivity contribution in [3.05, 3.63) is 70.9 Å². The minimum Gasteiger partial charge on any atom is -0.482 e. The monoisotopic (exact) mass is 444 g/mol. The quantitative estimate of drug-likeness (QED) is 0.446. The molecule has 0 fully saturated rings. The van der Waals surface area contributed by atoms with Crippen molar-refractivity contribution in [2.24, 2.45) is 0 Å². The zero-order valence-corrected chi connectivity index (χ0v) is 18.1. The van der Waals surface area contributed by atoms with Crippen LogP contribution in [0.2, 0.25) is 0 Å². The van der Waals surface area contributed by atoms with Gasteiger partial charge in [0.2, 0.25) is 5.91 Å². The van der Waals surface area contributed by atoms with Gasteiger partial charge in [-0.2, -0.15) is 0 Å². The van der Waals surface area contributed by atoms with Crippen molar-refractivity contribution >= 4 is 22.8 Å². The molecule has 4 heterocycles. The Morgan fingerprint density at radius 2 is 2.06 bits per heavy atom. The molecule has 0 bridgehead atoms. The van der Waals surface area contributed by atoms with Crippen molar-refractivity contribution in [3.8, 4) is 17.2 Å². The maximum absolute atomic E-state index is 14.0. The summed E-state index contributed by atoms with van der Waals surface area (Å²) < 4.78 is 26.3. The molecule has 2 atom stereocenters. The Bertz CT molecular complexity index is 1390. The predicted molar refractivity (Wildman–Crippen MR) is 120 cm³/mol. The van der Waals surface area contributed by atoms with Crippen LogP contribution in [-0.4, -0.2) is 20.9 Å². The summed E-state index contributed by atoms with van der Waals surface area (Å²) >= 11 is 0. The van der Waals surface area contributed by atoms with Crippen molar-refractivity contribution in [1.29, 1.82) is 0 Å². The molecule has 2 N–H and O–H groups in total. The molecule has 2 aliphatic heterocycles. The maximum Gasteiger partial charge on any atom is 0.225 e. The third-order valence-electron chi connectivity index (χ3n) is 6.33. The lowest BCUT2D eigenvalue weighted by molar-refractivity contribution is -0.116. The molecular weight excluding hydrogens is 423 g/mol. The summed E-state index contributed by atoms with van der Waals surface area (Å²) in [6.07, 6.45) is 2.31. The summed E-state index contributed by atoms with van der Waals surface area (Å²) in [7, 11) is 0. The van der Waals surface area contributed by atoms with E-state index in [2.05, 4.69) is 27.2 Å². The van der Waals surface area contributed by atoms with Gasteiger partial charge in [0, 0.05) is 35.7 Å². The maximum atomic E-state index is 14.0. The summed E-state index contributed by atoms with van der Waals surface area (Å²) in [5.41, 5.74) is 3.84. The molecule has 0 aliphatic carbocycles. The summed E-state index contributed by atoms with van der Waals surface area (Å²) in [5.74, 6) is 3.05. The second kappa shape index (κ2) is 7.30. The first-order valence-electron chi connectivity index (χ1n) is 10.9. The van der Waals surface area contributed by atoms with E-state index in [-0.39, 0.29) is 23.7 Å². The Balaban J connectivity index is 1.29. The Labute approximate surface area is 189 Å². The van der Waals surface area contributed by atoms with Gasteiger partial charge in [-0.3, -0.25) is 4.79 Å². The molecule has 8 heteroatoms. The fraction of sp³-hybridized carbons (Fsp3) is 0.240. The van der Waals surface area contributed by atoms with Crippen LogP contribution in [-0.2, 0) is 11.2 Å². The molecule has 2 aliphatic rings. The number of nitrogens with one attached hydrogen (secondary N) is 2. The van der Waals surface area contributed by atoms with Gasteiger partial charge < -0.3 is 19.8 Å². The fourth-order valence-corrected chi connectivity index (χ4v) is 4.52. The summed E-state index contributed by atoms with van der Waals surface area (Å²) in [4.78, 5) is 23.8. The van der Waals surface area contributed by atoms with E-state index in [9.17, 15) is 9.18 Å². The lowest BCUT2D eigenvalue weighted by atomic mass is 9.97. The van der Waals surface area contributed by atoms with Gasteiger partial charge in [-0.15, -0.1) is 0 Å². The molecule has 0 spiro atoms. The first-order chi connectivity index (χ1) is 16.0. The van der Waals surface area contributed by atoms with E-state index in [1.54, 1.807) is 19.2 Å². The van der Waals surface area contributed by atoms with E-state index in [4.69, 9.17) is 9.47 Å². The van der Waals surface area contributed by atoms with Gasteiger partial charge in [-0.25, -0.2) is 14.4 Å². The number of pyridine rings is 1. The SMILES string of the molecule is Cc1cc2[nH]c(C3Oc4ccc(Oc5ccnc6c5CCC(=O)N6)cc4C3C)nc2cc1F. The number of hydrogen-bond donors (Lipinski definition) is 2. The summed E-state index contributed by atoms with van der Waals surface area (Å²) in [6.45, 7) is 3.80. The third kappa shape index (κ3) is 3.29. The van der Waals surface area contributed by atoms with Crippen LogP contribution in [0.25, 0.3) is 11.0 Å². The number of rotatable bonds is 3. The van der Waals surface area contributed by atoms with Gasteiger partial charge in [0.05, 0.1) is 11.0 Å². The van der Waals surface area contributed by atoms with E-state index in [0.717, 1.165) is 22.4 Å². The van der Waals surface area contributed by atoms with Gasteiger partial charge >= 0.3 is 0 Å². The van der Waals surface area contributed by atoms with Gasteiger partial charge in [0.15, 0.2) is 6.10 Å². The Kier molecular flexibility index (Phi) is 4.36. The number of H-pyrrole nitrogens is 1. The second-order valence-electron chi connectivity index (χ2n) is 8.55. The Morgan fingerprint density at radius 3 is 2.94 bits per heavy atom. The highest BCUT2D eigenvalue weighted by Crippen LogP contribution is 2.47. The van der Waals surface area contributed by atoms with Crippen LogP contribution in [0.5, 0.6) is 17.2 Å². The standard InChI is InChI=1S/C25H21FN4O3/c1-12-9-18-19(11-17(12)26)29-25(28-18)23-13(2)16-10-14(3-5-20(16)33-23)32-21-7-8-27-24-15(21)4-6-22(31)30-24/h3,5,7-11,13,23H,4,6H2,1-2H3,(H,28,29)(H,27,30,31). The summed E-state index contributed by atoms with van der Waals surface area (Å²) in [5, 5.41) is 2.79. The number of fused-ring (bicyclic) bond motifs is 3. The molecule has 0 saturated heterocycles. The molecule has 6 rings (SSSR count). The van der Waals surface area contributed by atoms with E-state index in [1.165, 1.54) is 6.07 Å². The number of nitrogens with zero attached hydrogens (tertiary/aromatic N) is 2. The van der Waals surface area contributed by atoms with Crippen LogP contribution in [0.15, 0.2) is 42.6 Å². The van der Waals surface area contributed by atoms with E-state index in [1.807, 2.05) is 24.3 Å². The van der Waals surface area contributed by atoms with Crippen LogP contribution in [0.1, 0.15) is 47.9 Å². The topological polar surface area (TPSA) is 89.1 Å². The summed E-state index contributed by atoms with van der Waals surface area (Å²) in [6, 6.07) is 10.7. The van der Waals surface area contributed by atoms with Gasteiger partial charge in [-0.1, -0.05) is 6.92 Å². The largest absolute Gasteiger partial charge is 0.482 e. The molecule has 0 saturated carbocycles. The molecular formula is C25H21FN4O3. The van der Waals surface area contributed by atoms with Crippen LogP contribution in [0, 0.1) is 12.7 Å². The molecule has 2 aromatic carbocycles. The second-order valence-corrected chi connectivity index (χ2v) is 8.55. The van der Waals surface area contributed by atoms with Crippen molar-refractivity contribution in [2.75, 3.05) is 5.32 Å². The first-order valence-corrected chi connectivity index (χ1v) is 10.9. The predicted octanol–water partition coefficient (Wildman–Crippen LogP) is 5.32. The molecule has 166 valence electrons. The minimum absolute atomic E-state index is 0.0145. The number of ether oxygens (including phenoxy) is 2. The lowest BCUT2D eigenvalue weighted by Crippen LogP contribution is -2.20. The van der Waals surface area contributed by atoms with Crippen LogP contribution < -0.4 is 14.8 Å². The highest BCUT2D eigenvalue weighted by atomic mass is 19.1. The lowest BCUT2D eigenvalue weighted by Gasteiger charge is -2.19. The van der Waals surface area contributed by atoms with Crippen molar-refractivity contribution < 1.29 is 18.7 Å². The first kappa shape index (κ1) is 19.7. The fourth-order valence-electron chi connectivity index (χ4n) is 4.52. The van der Waals surface area contributed by atoms with Crippen molar-refractivity contribution in [1.82, 2.24) is 15.0 Å². The molecule has 7 nitrogen and oxygen atoms in total. The van der Waals surface area contributed by atoms with Crippen LogP contribution in [0.4, 0.5) is 10.2 Å². The van der Waals surface area contributed by atoms with Gasteiger partial charge in [-0.05, 0) is 49.2 Å². The van der Waals surface area contributed by atoms with Gasteiger partial charge in [0.25, 0.3) is 0 Å². The highest BCUT2D eigenvalue weighted by molar-refractivity contribution is 5.93. The number of hydrogen-bond acceptors (Lipinski definition) is 5. The number of carbonyl (C=O) groups is 1. The zero-order chi connectivity index (χ0) is 22.7. The number of carbonyl (C=O) groups excluding carboxylic acids is 1. The molecule has 33 heavy (non-hydrogen) atoms. The third-order valence-corrected chi connectivity index (χ3v) is 6.33. The van der Waals surface area contributed by atoms with Gasteiger partial charge in [0.1, 0.15) is 34.7 Å². The van der Waals surface area contributed by atoms with E-state index in [0.29, 0.717) is 47.1 Å². The number of aromatic amines is 1. The average Bonchev–Trinajstić information content (AvgIpc) is 3.34. The molecule has 2 aromatic heterocycles. The molecule has 1 amide bonds. The van der Waals surface area contributed by atoms with Crippen molar-refractivity contribution in [3.63, 3.8) is 0 Å². The number of amides is 1. The Morgan fingerprint density at radius 1 is 1.18 bits per heavy atom. The highest BCUT2D eigenvalue weighted by Gasteiger charge is 2.35. The number of aromatic nitrogens is 3. The van der Waals surface area contributed by atoms with E-state index < -0.39 is 0 Å². The molecule has 0 radical (unpaired) electrons. The number of imidazole rings is 1. The van der Waals surface area contributed by atoms with E-state index >= 15 is 0 Å². The number of benzene rings is 2. The number of aryl methyl sites for hydroxylation is 1. The number of anilines is 1.